The molecule has 1 atom stereocenters. The molecule has 4 heteroatoms. The normalized spacial score (nSPS) is 15.9. The summed E-state index contributed by atoms with van der Waals surface area (Å²) < 4.78 is 9.23. The molecular formula is C44H31N3O. The number of aliphatic imine (C=N–C) groups is 1. The molecule has 0 spiro atoms. The smallest absolute Gasteiger partial charge is 0.159 e. The summed E-state index contributed by atoms with van der Waals surface area (Å²) in [6.45, 7) is 0. The Balaban J connectivity index is 1.18. The van der Waals surface area contributed by atoms with Gasteiger partial charge < -0.3 is 14.3 Å². The van der Waals surface area contributed by atoms with Crippen molar-refractivity contribution in [2.75, 3.05) is 0 Å². The number of fused-ring (bicyclic) bond motifs is 7. The first-order chi connectivity index (χ1) is 23.8. The fourth-order valence-electron chi connectivity index (χ4n) is 7.70. The third kappa shape index (κ3) is 4.12. The molecule has 4 nitrogen and oxygen atoms in total. The van der Waals surface area contributed by atoms with Gasteiger partial charge in [0.25, 0.3) is 0 Å². The second-order valence-electron chi connectivity index (χ2n) is 12.7. The molecule has 0 bridgehead atoms. The Morgan fingerprint density at radius 3 is 2.35 bits per heavy atom. The molecule has 1 aliphatic heterocycles. The summed E-state index contributed by atoms with van der Waals surface area (Å²) in [5.74, 6) is 0.917. The van der Waals surface area contributed by atoms with Gasteiger partial charge in [-0.2, -0.15) is 0 Å². The second kappa shape index (κ2) is 10.7. The van der Waals surface area contributed by atoms with E-state index in [2.05, 4.69) is 162 Å². The minimum atomic E-state index is -0.0808. The molecule has 1 unspecified atom stereocenters. The maximum Gasteiger partial charge on any atom is 0.159 e. The molecule has 2 aromatic heterocycles. The number of hydrogen-bond donors (Lipinski definition) is 1. The summed E-state index contributed by atoms with van der Waals surface area (Å²) in [6, 6.07) is 47.5. The van der Waals surface area contributed by atoms with Crippen LogP contribution in [-0.4, -0.2) is 10.4 Å². The highest BCUT2D eigenvalue weighted by Gasteiger charge is 2.28. The number of nitrogens with one attached hydrogen (secondary N) is 1. The fourth-order valence-corrected chi connectivity index (χ4v) is 7.70. The van der Waals surface area contributed by atoms with Crippen molar-refractivity contribution in [2.45, 2.75) is 18.9 Å². The molecule has 228 valence electrons. The summed E-state index contributed by atoms with van der Waals surface area (Å²) in [4.78, 5) is 5.07. The largest absolute Gasteiger partial charge is 0.454 e. The highest BCUT2D eigenvalue weighted by atomic mass is 16.3. The van der Waals surface area contributed by atoms with E-state index in [-0.39, 0.29) is 6.04 Å². The number of rotatable bonds is 4. The summed E-state index contributed by atoms with van der Waals surface area (Å²) in [5, 5.41) is 8.51. The highest BCUT2D eigenvalue weighted by Crippen LogP contribution is 2.43. The molecule has 0 radical (unpaired) electrons. The number of nitrogens with zero attached hydrogens (tertiary/aromatic N) is 2. The van der Waals surface area contributed by atoms with Crippen molar-refractivity contribution in [2.24, 2.45) is 4.99 Å². The van der Waals surface area contributed by atoms with Crippen molar-refractivity contribution < 1.29 is 4.42 Å². The van der Waals surface area contributed by atoms with Crippen LogP contribution in [0.1, 0.15) is 30.0 Å². The summed E-state index contributed by atoms with van der Waals surface area (Å²) in [7, 11) is 0. The number of furan rings is 1. The lowest BCUT2D eigenvalue weighted by Crippen LogP contribution is -2.33. The van der Waals surface area contributed by atoms with Gasteiger partial charge in [0.2, 0.25) is 0 Å². The third-order valence-electron chi connectivity index (χ3n) is 9.90. The van der Waals surface area contributed by atoms with Crippen LogP contribution in [0.5, 0.6) is 0 Å². The van der Waals surface area contributed by atoms with Gasteiger partial charge in [0.15, 0.2) is 5.58 Å². The van der Waals surface area contributed by atoms with Crippen LogP contribution in [0.15, 0.2) is 167 Å². The number of benzene rings is 6. The third-order valence-corrected chi connectivity index (χ3v) is 9.90. The molecule has 0 amide bonds. The number of aromatic nitrogens is 1. The standard InChI is InChI=1S/C44H31N3O/c1-3-13-28(14-4-1)30-25-26-38-35(27-30)31-17-8-10-22-37(31)47(38)39-23-11-20-34-41-33(19-12-24-40(41)48-43(34)39)42-32-18-7-9-21-36(32)45-44(46-42)29-15-5-2-6-16-29/h1,3-5,7-27,42H,2,6H2,(H,45,46). The molecule has 48 heavy (non-hydrogen) atoms. The van der Waals surface area contributed by atoms with Gasteiger partial charge >= 0.3 is 0 Å². The van der Waals surface area contributed by atoms with Crippen molar-refractivity contribution in [1.29, 1.82) is 0 Å². The molecular weight excluding hydrogens is 587 g/mol. The Morgan fingerprint density at radius 1 is 0.646 bits per heavy atom. The fraction of sp³-hybridized carbons (Fsp3) is 0.0682. The van der Waals surface area contributed by atoms with E-state index >= 15 is 0 Å². The minimum Gasteiger partial charge on any atom is -0.454 e. The predicted molar refractivity (Wildman–Crippen MR) is 198 cm³/mol. The first-order valence-electron chi connectivity index (χ1n) is 16.7. The summed E-state index contributed by atoms with van der Waals surface area (Å²) in [6.07, 6.45) is 8.80. The molecule has 1 N–H and O–H groups in total. The van der Waals surface area contributed by atoms with Crippen LogP contribution in [0.25, 0.3) is 60.6 Å². The van der Waals surface area contributed by atoms with Gasteiger partial charge in [0.05, 0.1) is 28.5 Å². The maximum atomic E-state index is 6.86. The lowest BCUT2D eigenvalue weighted by molar-refractivity contribution is 0.665. The van der Waals surface area contributed by atoms with Gasteiger partial charge in [0.1, 0.15) is 11.4 Å². The van der Waals surface area contributed by atoms with Gasteiger partial charge in [-0.15, -0.1) is 0 Å². The monoisotopic (exact) mass is 617 g/mol. The highest BCUT2D eigenvalue weighted by molar-refractivity contribution is 6.14. The van der Waals surface area contributed by atoms with E-state index in [0.29, 0.717) is 0 Å². The van der Waals surface area contributed by atoms with E-state index in [1.807, 2.05) is 0 Å². The molecule has 1 aliphatic carbocycles. The first-order valence-corrected chi connectivity index (χ1v) is 16.7. The molecule has 3 heterocycles. The Hall–Kier alpha value is -6.13. The molecule has 10 rings (SSSR count). The SMILES string of the molecule is C1=CC(C2=Nc3ccccc3C(c3cccc4oc5c(-n6c7ccccc7c7cc(-c8ccccc8)ccc76)cccc5c34)N2)=CCC1. The molecule has 0 saturated carbocycles. The molecule has 0 saturated heterocycles. The van der Waals surface area contributed by atoms with E-state index in [9.17, 15) is 0 Å². The van der Waals surface area contributed by atoms with Gasteiger partial charge in [-0.1, -0.05) is 115 Å². The first kappa shape index (κ1) is 27.0. The molecule has 6 aromatic carbocycles. The van der Waals surface area contributed by atoms with Gasteiger partial charge in [-0.25, -0.2) is 4.99 Å². The number of para-hydroxylation sites is 3. The predicted octanol–water partition coefficient (Wildman–Crippen LogP) is 11.3. The zero-order valence-corrected chi connectivity index (χ0v) is 26.2. The molecule has 0 fully saturated rings. The van der Waals surface area contributed by atoms with E-state index in [0.717, 1.165) is 74.2 Å². The zero-order valence-electron chi connectivity index (χ0n) is 26.2. The van der Waals surface area contributed by atoms with Crippen LogP contribution in [0, 0.1) is 0 Å². The van der Waals surface area contributed by atoms with Crippen molar-refractivity contribution in [3.8, 4) is 16.8 Å². The number of allylic oxidation sites excluding steroid dienone is 2. The van der Waals surface area contributed by atoms with Crippen LogP contribution >= 0.6 is 0 Å². The van der Waals surface area contributed by atoms with Crippen LogP contribution in [-0.2, 0) is 0 Å². The lowest BCUT2D eigenvalue weighted by atomic mass is 9.91. The Kier molecular flexibility index (Phi) is 6.03. The van der Waals surface area contributed by atoms with Crippen LogP contribution in [0.2, 0.25) is 0 Å². The van der Waals surface area contributed by atoms with Crippen molar-refractivity contribution >= 4 is 55.3 Å². The average molecular weight is 618 g/mol. The van der Waals surface area contributed by atoms with Gasteiger partial charge in [-0.05, 0) is 65.9 Å². The van der Waals surface area contributed by atoms with Crippen molar-refractivity contribution in [3.05, 3.63) is 168 Å². The Labute approximate surface area is 278 Å². The Bertz CT molecular complexity index is 2650. The second-order valence-corrected chi connectivity index (χ2v) is 12.7. The number of amidine groups is 1. The van der Waals surface area contributed by atoms with E-state index in [1.54, 1.807) is 0 Å². The van der Waals surface area contributed by atoms with Crippen molar-refractivity contribution in [1.82, 2.24) is 9.88 Å². The average Bonchev–Trinajstić information content (AvgIpc) is 3.71. The van der Waals surface area contributed by atoms with E-state index < -0.39 is 0 Å². The topological polar surface area (TPSA) is 42.5 Å². The minimum absolute atomic E-state index is 0.0808. The zero-order chi connectivity index (χ0) is 31.6. The van der Waals surface area contributed by atoms with Crippen LogP contribution in [0.3, 0.4) is 0 Å². The van der Waals surface area contributed by atoms with Crippen LogP contribution < -0.4 is 5.32 Å². The van der Waals surface area contributed by atoms with Gasteiger partial charge in [-0.3, -0.25) is 0 Å². The number of hydrogen-bond acceptors (Lipinski definition) is 3. The van der Waals surface area contributed by atoms with E-state index in [1.165, 1.54) is 27.5 Å². The van der Waals surface area contributed by atoms with Gasteiger partial charge in [0, 0.05) is 32.7 Å². The molecule has 8 aromatic rings. The quantitative estimate of drug-likeness (QED) is 0.213. The molecule has 2 aliphatic rings. The summed E-state index contributed by atoms with van der Waals surface area (Å²) >= 11 is 0. The van der Waals surface area contributed by atoms with E-state index in [4.69, 9.17) is 9.41 Å². The lowest BCUT2D eigenvalue weighted by Gasteiger charge is -2.29. The Morgan fingerprint density at radius 2 is 1.44 bits per heavy atom. The van der Waals surface area contributed by atoms with Crippen molar-refractivity contribution in [3.63, 3.8) is 0 Å². The maximum absolute atomic E-state index is 6.86. The summed E-state index contributed by atoms with van der Waals surface area (Å²) in [5.41, 5.74) is 12.0. The van der Waals surface area contributed by atoms with Crippen LogP contribution in [0.4, 0.5) is 5.69 Å².